The highest BCUT2D eigenvalue weighted by Crippen LogP contribution is 2.29. The molecule has 2 aromatic heterocycles. The molecule has 1 N–H and O–H groups in total. The first-order valence-electron chi connectivity index (χ1n) is 8.38. The minimum atomic E-state index is 0.0791. The summed E-state index contributed by atoms with van der Waals surface area (Å²) in [5, 5.41) is 13.6. The number of piperidine rings is 1. The minimum Gasteiger partial charge on any atom is -0.352 e. The van der Waals surface area contributed by atoms with E-state index in [1.807, 2.05) is 12.1 Å². The number of carbonyl (C=O) groups excluding carboxylic acids is 1. The van der Waals surface area contributed by atoms with Crippen LogP contribution in [0.2, 0.25) is 0 Å². The maximum atomic E-state index is 12.3. The van der Waals surface area contributed by atoms with Gasteiger partial charge in [-0.05, 0) is 24.5 Å². The molecule has 1 fully saturated rings. The van der Waals surface area contributed by atoms with Crippen LogP contribution in [-0.4, -0.2) is 34.2 Å². The van der Waals surface area contributed by atoms with Gasteiger partial charge in [0.15, 0.2) is 0 Å². The fourth-order valence-corrected chi connectivity index (χ4v) is 3.65. The van der Waals surface area contributed by atoms with Gasteiger partial charge in [-0.3, -0.25) is 9.78 Å². The molecule has 128 valence electrons. The molecular weight excluding hydrogens is 322 g/mol. The van der Waals surface area contributed by atoms with Crippen LogP contribution in [0.5, 0.6) is 0 Å². The summed E-state index contributed by atoms with van der Waals surface area (Å²) in [6.07, 6.45) is 5.23. The Balaban J connectivity index is 1.48. The van der Waals surface area contributed by atoms with Crippen molar-refractivity contribution in [2.75, 3.05) is 18.0 Å². The van der Waals surface area contributed by atoms with Crippen molar-refractivity contribution in [1.29, 1.82) is 0 Å². The molecule has 3 heterocycles. The van der Waals surface area contributed by atoms with E-state index >= 15 is 0 Å². The van der Waals surface area contributed by atoms with Gasteiger partial charge < -0.3 is 10.2 Å². The van der Waals surface area contributed by atoms with Crippen LogP contribution in [0.25, 0.3) is 0 Å². The monoisotopic (exact) mass is 345 g/mol. The van der Waals surface area contributed by atoms with Gasteiger partial charge in [-0.25, -0.2) is 0 Å². The molecule has 0 bridgehead atoms. The highest BCUT2D eigenvalue weighted by Gasteiger charge is 2.26. The molecular formula is C17H23N5OS. The van der Waals surface area contributed by atoms with E-state index in [1.165, 1.54) is 0 Å². The molecule has 2 aromatic rings. The fourth-order valence-electron chi connectivity index (χ4n) is 2.76. The van der Waals surface area contributed by atoms with E-state index in [2.05, 4.69) is 39.2 Å². The van der Waals surface area contributed by atoms with Gasteiger partial charge in [-0.15, -0.1) is 10.2 Å². The van der Waals surface area contributed by atoms with Crippen molar-refractivity contribution >= 4 is 22.4 Å². The highest BCUT2D eigenvalue weighted by molar-refractivity contribution is 7.15. The molecule has 1 amide bonds. The van der Waals surface area contributed by atoms with Crippen LogP contribution in [-0.2, 0) is 11.3 Å². The Morgan fingerprint density at radius 3 is 2.79 bits per heavy atom. The molecule has 0 radical (unpaired) electrons. The lowest BCUT2D eigenvalue weighted by Gasteiger charge is -2.30. The summed E-state index contributed by atoms with van der Waals surface area (Å²) >= 11 is 1.66. The molecule has 0 atom stereocenters. The molecule has 0 aliphatic carbocycles. The number of hydrogen-bond donors (Lipinski definition) is 1. The topological polar surface area (TPSA) is 71.0 Å². The lowest BCUT2D eigenvalue weighted by Crippen LogP contribution is -2.40. The van der Waals surface area contributed by atoms with Gasteiger partial charge in [0.1, 0.15) is 5.01 Å². The zero-order valence-corrected chi connectivity index (χ0v) is 14.9. The van der Waals surface area contributed by atoms with Gasteiger partial charge in [0, 0.05) is 43.9 Å². The van der Waals surface area contributed by atoms with Gasteiger partial charge in [0.05, 0.1) is 0 Å². The zero-order valence-electron chi connectivity index (χ0n) is 14.1. The van der Waals surface area contributed by atoms with Gasteiger partial charge in [0.25, 0.3) is 0 Å². The zero-order chi connectivity index (χ0) is 16.9. The third kappa shape index (κ3) is 4.08. The van der Waals surface area contributed by atoms with E-state index in [0.29, 0.717) is 12.5 Å². The maximum Gasteiger partial charge on any atom is 0.223 e. The summed E-state index contributed by atoms with van der Waals surface area (Å²) in [7, 11) is 0. The number of nitrogens with zero attached hydrogens (tertiary/aromatic N) is 4. The Kier molecular flexibility index (Phi) is 5.40. The first-order valence-corrected chi connectivity index (χ1v) is 9.20. The molecule has 1 aliphatic heterocycles. The maximum absolute atomic E-state index is 12.3. The fraction of sp³-hybridized carbons (Fsp3) is 0.529. The van der Waals surface area contributed by atoms with Crippen molar-refractivity contribution in [2.45, 2.75) is 39.2 Å². The number of anilines is 1. The van der Waals surface area contributed by atoms with Crippen LogP contribution in [0.3, 0.4) is 0 Å². The van der Waals surface area contributed by atoms with Crippen LogP contribution in [0, 0.1) is 5.92 Å². The number of amides is 1. The highest BCUT2D eigenvalue weighted by atomic mass is 32.1. The predicted molar refractivity (Wildman–Crippen MR) is 95.0 cm³/mol. The Morgan fingerprint density at radius 2 is 2.17 bits per heavy atom. The molecule has 0 saturated carbocycles. The lowest BCUT2D eigenvalue weighted by atomic mass is 9.96. The molecule has 3 rings (SSSR count). The summed E-state index contributed by atoms with van der Waals surface area (Å²) in [6.45, 7) is 6.52. The van der Waals surface area contributed by atoms with E-state index in [1.54, 1.807) is 23.7 Å². The van der Waals surface area contributed by atoms with Crippen molar-refractivity contribution in [3.63, 3.8) is 0 Å². The van der Waals surface area contributed by atoms with Crippen molar-refractivity contribution < 1.29 is 4.79 Å². The summed E-state index contributed by atoms with van der Waals surface area (Å²) in [4.78, 5) is 18.6. The van der Waals surface area contributed by atoms with E-state index in [0.717, 1.165) is 41.6 Å². The van der Waals surface area contributed by atoms with Gasteiger partial charge in [-0.1, -0.05) is 31.3 Å². The van der Waals surface area contributed by atoms with Crippen LogP contribution >= 0.6 is 11.3 Å². The largest absolute Gasteiger partial charge is 0.352 e. The minimum absolute atomic E-state index is 0.0791. The molecule has 0 unspecified atom stereocenters. The SMILES string of the molecule is CC(C)c1nnc(N2CCC(C(=O)NCc3cccnc3)CC2)s1. The first-order chi connectivity index (χ1) is 11.6. The number of pyridine rings is 1. The Hall–Kier alpha value is -2.02. The number of rotatable bonds is 5. The predicted octanol–water partition coefficient (Wildman–Crippen LogP) is 2.59. The average molecular weight is 345 g/mol. The standard InChI is InChI=1S/C17H23N5OS/c1-12(2)16-20-21-17(24-16)22-8-5-14(6-9-22)15(23)19-11-13-4-3-7-18-10-13/h3-4,7,10,12,14H,5-6,8-9,11H2,1-2H3,(H,19,23). The number of carbonyl (C=O) groups is 1. The molecule has 7 heteroatoms. The first kappa shape index (κ1) is 16.8. The third-order valence-corrected chi connectivity index (χ3v) is 5.53. The number of hydrogen-bond acceptors (Lipinski definition) is 6. The summed E-state index contributed by atoms with van der Waals surface area (Å²) < 4.78 is 0. The second-order valence-electron chi connectivity index (χ2n) is 6.42. The van der Waals surface area contributed by atoms with Crippen molar-refractivity contribution in [2.24, 2.45) is 5.92 Å². The van der Waals surface area contributed by atoms with Crippen LogP contribution in [0.4, 0.5) is 5.13 Å². The normalized spacial score (nSPS) is 15.7. The quantitative estimate of drug-likeness (QED) is 0.902. The van der Waals surface area contributed by atoms with Gasteiger partial charge >= 0.3 is 0 Å². The lowest BCUT2D eigenvalue weighted by molar-refractivity contribution is -0.125. The molecule has 24 heavy (non-hydrogen) atoms. The van der Waals surface area contributed by atoms with Gasteiger partial charge in [-0.2, -0.15) is 0 Å². The number of aromatic nitrogens is 3. The molecule has 6 nitrogen and oxygen atoms in total. The van der Waals surface area contributed by atoms with Crippen molar-refractivity contribution in [3.8, 4) is 0 Å². The van der Waals surface area contributed by atoms with Crippen LogP contribution in [0.1, 0.15) is 43.2 Å². The van der Waals surface area contributed by atoms with Crippen molar-refractivity contribution in [3.05, 3.63) is 35.1 Å². The van der Waals surface area contributed by atoms with Crippen LogP contribution < -0.4 is 10.2 Å². The Morgan fingerprint density at radius 1 is 1.38 bits per heavy atom. The van der Waals surface area contributed by atoms with Gasteiger partial charge in [0.2, 0.25) is 11.0 Å². The molecule has 1 saturated heterocycles. The second kappa shape index (κ2) is 7.70. The van der Waals surface area contributed by atoms with E-state index in [4.69, 9.17) is 0 Å². The summed E-state index contributed by atoms with van der Waals surface area (Å²) in [5.74, 6) is 0.626. The summed E-state index contributed by atoms with van der Waals surface area (Å²) in [5.41, 5.74) is 1.03. The molecule has 1 aliphatic rings. The van der Waals surface area contributed by atoms with E-state index in [-0.39, 0.29) is 11.8 Å². The van der Waals surface area contributed by atoms with E-state index < -0.39 is 0 Å². The Bertz CT molecular complexity index is 665. The number of nitrogens with one attached hydrogen (secondary N) is 1. The van der Waals surface area contributed by atoms with Crippen molar-refractivity contribution in [1.82, 2.24) is 20.5 Å². The molecule has 0 aromatic carbocycles. The second-order valence-corrected chi connectivity index (χ2v) is 7.41. The van der Waals surface area contributed by atoms with Crippen LogP contribution in [0.15, 0.2) is 24.5 Å². The molecule has 0 spiro atoms. The Labute approximate surface area is 146 Å². The average Bonchev–Trinajstić information content (AvgIpc) is 3.11. The summed E-state index contributed by atoms with van der Waals surface area (Å²) in [6, 6.07) is 3.85. The smallest absolute Gasteiger partial charge is 0.223 e. The van der Waals surface area contributed by atoms with E-state index in [9.17, 15) is 4.79 Å². The third-order valence-electron chi connectivity index (χ3n) is 4.25.